The van der Waals surface area contributed by atoms with Crippen LogP contribution in [0, 0.1) is 11.6 Å². The predicted molar refractivity (Wildman–Crippen MR) is 52.9 cm³/mol. The second-order valence-corrected chi connectivity index (χ2v) is 3.46. The highest BCUT2D eigenvalue weighted by Gasteiger charge is 2.36. The van der Waals surface area contributed by atoms with E-state index in [9.17, 15) is 22.0 Å². The molecule has 2 aromatic rings. The van der Waals surface area contributed by atoms with Gasteiger partial charge in [-0.1, -0.05) is 0 Å². The van der Waals surface area contributed by atoms with Crippen LogP contribution in [0.25, 0.3) is 5.69 Å². The summed E-state index contributed by atoms with van der Waals surface area (Å²) in [6.07, 6.45) is -4.70. The van der Waals surface area contributed by atoms with E-state index in [2.05, 4.69) is 5.10 Å². The molecule has 0 amide bonds. The summed E-state index contributed by atoms with van der Waals surface area (Å²) in [4.78, 5) is 0. The molecule has 1 aromatic carbocycles. The number of hydrogen-bond acceptors (Lipinski definition) is 2. The maximum absolute atomic E-state index is 13.0. The first-order valence-electron chi connectivity index (χ1n) is 4.67. The minimum Gasteiger partial charge on any atom is -0.382 e. The molecular formula is C10H6F5N3. The van der Waals surface area contributed by atoms with Crippen LogP contribution < -0.4 is 5.73 Å². The van der Waals surface area contributed by atoms with Crippen molar-refractivity contribution in [3.8, 4) is 5.69 Å². The summed E-state index contributed by atoms with van der Waals surface area (Å²) in [5, 5.41) is 3.40. The van der Waals surface area contributed by atoms with Gasteiger partial charge in [-0.25, -0.2) is 13.5 Å². The van der Waals surface area contributed by atoms with Gasteiger partial charge in [0.25, 0.3) is 0 Å². The Balaban J connectivity index is 2.60. The first-order valence-corrected chi connectivity index (χ1v) is 4.67. The maximum Gasteiger partial charge on any atom is 0.433 e. The maximum atomic E-state index is 13.0. The van der Waals surface area contributed by atoms with Gasteiger partial charge in [0.05, 0.1) is 5.69 Å². The van der Waals surface area contributed by atoms with Crippen LogP contribution in [0.15, 0.2) is 24.3 Å². The molecule has 0 saturated carbocycles. The minimum atomic E-state index is -4.70. The Morgan fingerprint density at radius 3 is 2.28 bits per heavy atom. The first-order chi connectivity index (χ1) is 8.29. The van der Waals surface area contributed by atoms with Crippen LogP contribution in [-0.2, 0) is 6.18 Å². The SMILES string of the molecule is Nc1cc(C(F)(F)F)n(-c2ccc(F)c(F)c2)n1. The van der Waals surface area contributed by atoms with Gasteiger partial charge < -0.3 is 5.73 Å². The van der Waals surface area contributed by atoms with Crippen molar-refractivity contribution in [2.45, 2.75) is 6.18 Å². The molecule has 0 saturated heterocycles. The molecule has 0 bridgehead atoms. The molecule has 18 heavy (non-hydrogen) atoms. The van der Waals surface area contributed by atoms with Crippen LogP contribution in [0.4, 0.5) is 27.8 Å². The summed E-state index contributed by atoms with van der Waals surface area (Å²) < 4.78 is 64.0. The van der Waals surface area contributed by atoms with Crippen LogP contribution in [-0.4, -0.2) is 9.78 Å². The Morgan fingerprint density at radius 2 is 1.72 bits per heavy atom. The number of halogens is 5. The summed E-state index contributed by atoms with van der Waals surface area (Å²) in [7, 11) is 0. The molecule has 0 radical (unpaired) electrons. The van der Waals surface area contributed by atoms with Crippen LogP contribution in [0.1, 0.15) is 5.69 Å². The van der Waals surface area contributed by atoms with Crippen molar-refractivity contribution < 1.29 is 22.0 Å². The second kappa shape index (κ2) is 3.97. The smallest absolute Gasteiger partial charge is 0.382 e. The zero-order valence-corrected chi connectivity index (χ0v) is 8.67. The van der Waals surface area contributed by atoms with E-state index in [1.165, 1.54) is 0 Å². The Hall–Kier alpha value is -2.12. The largest absolute Gasteiger partial charge is 0.433 e. The molecule has 2 rings (SSSR count). The van der Waals surface area contributed by atoms with Crippen LogP contribution in [0.3, 0.4) is 0 Å². The van der Waals surface area contributed by atoms with Gasteiger partial charge in [-0.2, -0.15) is 18.3 Å². The molecule has 0 aliphatic carbocycles. The fourth-order valence-corrected chi connectivity index (χ4v) is 1.41. The molecule has 0 atom stereocenters. The van der Waals surface area contributed by atoms with Crippen LogP contribution in [0.2, 0.25) is 0 Å². The van der Waals surface area contributed by atoms with Gasteiger partial charge in [0.15, 0.2) is 11.6 Å². The van der Waals surface area contributed by atoms with Gasteiger partial charge in [0, 0.05) is 12.1 Å². The van der Waals surface area contributed by atoms with E-state index in [0.29, 0.717) is 22.9 Å². The highest BCUT2D eigenvalue weighted by Crippen LogP contribution is 2.32. The molecule has 2 N–H and O–H groups in total. The average Bonchev–Trinajstić information content (AvgIpc) is 2.64. The van der Waals surface area contributed by atoms with Gasteiger partial charge in [-0.15, -0.1) is 0 Å². The standard InChI is InChI=1S/C10H6F5N3/c11-6-2-1-5(3-7(6)12)18-8(10(13,14)15)4-9(16)17-18/h1-4H,(H2,16,17). The Kier molecular flexibility index (Phi) is 2.72. The summed E-state index contributed by atoms with van der Waals surface area (Å²) in [5.74, 6) is -2.80. The Bertz CT molecular complexity index is 588. The lowest BCUT2D eigenvalue weighted by molar-refractivity contribution is -0.142. The third kappa shape index (κ3) is 2.13. The predicted octanol–water partition coefficient (Wildman–Crippen LogP) is 2.75. The normalized spacial score (nSPS) is 11.8. The molecule has 0 fully saturated rings. The van der Waals surface area contributed by atoms with Gasteiger partial charge in [0.1, 0.15) is 11.5 Å². The lowest BCUT2D eigenvalue weighted by Crippen LogP contribution is -2.13. The molecular weight excluding hydrogens is 257 g/mol. The fourth-order valence-electron chi connectivity index (χ4n) is 1.41. The Morgan fingerprint density at radius 1 is 1.06 bits per heavy atom. The average molecular weight is 263 g/mol. The summed E-state index contributed by atoms with van der Waals surface area (Å²) >= 11 is 0. The third-order valence-corrected chi connectivity index (χ3v) is 2.17. The molecule has 1 aromatic heterocycles. The van der Waals surface area contributed by atoms with Crippen LogP contribution >= 0.6 is 0 Å². The lowest BCUT2D eigenvalue weighted by atomic mass is 10.3. The van der Waals surface area contributed by atoms with Crippen molar-refractivity contribution in [1.82, 2.24) is 9.78 Å². The number of benzene rings is 1. The molecule has 0 aliphatic heterocycles. The Labute approximate surface area is 97.6 Å². The summed E-state index contributed by atoms with van der Waals surface area (Å²) in [6, 6.07) is 2.90. The van der Waals surface area contributed by atoms with E-state index in [1.54, 1.807) is 0 Å². The number of alkyl halides is 3. The fraction of sp³-hybridized carbons (Fsp3) is 0.100. The van der Waals surface area contributed by atoms with Crippen LogP contribution in [0.5, 0.6) is 0 Å². The molecule has 0 unspecified atom stereocenters. The zero-order chi connectivity index (χ0) is 13.5. The summed E-state index contributed by atoms with van der Waals surface area (Å²) in [5.41, 5.74) is 3.75. The van der Waals surface area contributed by atoms with E-state index >= 15 is 0 Å². The van der Waals surface area contributed by atoms with Crippen molar-refractivity contribution in [2.75, 3.05) is 5.73 Å². The van der Waals surface area contributed by atoms with E-state index in [0.717, 1.165) is 6.07 Å². The monoisotopic (exact) mass is 263 g/mol. The highest BCUT2D eigenvalue weighted by molar-refractivity contribution is 5.40. The molecule has 0 spiro atoms. The summed E-state index contributed by atoms with van der Waals surface area (Å²) in [6.45, 7) is 0. The van der Waals surface area contributed by atoms with Gasteiger partial charge in [-0.3, -0.25) is 0 Å². The lowest BCUT2D eigenvalue weighted by Gasteiger charge is -2.10. The van der Waals surface area contributed by atoms with Crippen molar-refractivity contribution >= 4 is 5.82 Å². The van der Waals surface area contributed by atoms with E-state index in [-0.39, 0.29) is 11.5 Å². The van der Waals surface area contributed by atoms with Crippen molar-refractivity contribution in [3.63, 3.8) is 0 Å². The van der Waals surface area contributed by atoms with E-state index < -0.39 is 23.5 Å². The van der Waals surface area contributed by atoms with Crippen molar-refractivity contribution in [2.24, 2.45) is 0 Å². The second-order valence-electron chi connectivity index (χ2n) is 3.46. The molecule has 0 aliphatic rings. The van der Waals surface area contributed by atoms with Gasteiger partial charge in [-0.05, 0) is 12.1 Å². The van der Waals surface area contributed by atoms with E-state index in [4.69, 9.17) is 5.73 Å². The van der Waals surface area contributed by atoms with Crippen molar-refractivity contribution in [3.05, 3.63) is 41.6 Å². The number of nitrogens with two attached hydrogens (primary N) is 1. The number of aromatic nitrogens is 2. The minimum absolute atomic E-state index is 0.266. The number of anilines is 1. The zero-order valence-electron chi connectivity index (χ0n) is 8.67. The van der Waals surface area contributed by atoms with Gasteiger partial charge >= 0.3 is 6.18 Å². The number of hydrogen-bond donors (Lipinski definition) is 1. The highest BCUT2D eigenvalue weighted by atomic mass is 19.4. The van der Waals surface area contributed by atoms with Gasteiger partial charge in [0.2, 0.25) is 0 Å². The topological polar surface area (TPSA) is 43.8 Å². The quantitative estimate of drug-likeness (QED) is 0.804. The number of nitrogens with zero attached hydrogens (tertiary/aromatic N) is 2. The number of nitrogen functional groups attached to an aromatic ring is 1. The molecule has 3 nitrogen and oxygen atoms in total. The third-order valence-electron chi connectivity index (χ3n) is 2.17. The molecule has 96 valence electrons. The molecule has 8 heteroatoms. The van der Waals surface area contributed by atoms with E-state index in [1.807, 2.05) is 0 Å². The van der Waals surface area contributed by atoms with Crippen molar-refractivity contribution in [1.29, 1.82) is 0 Å². The number of rotatable bonds is 1. The molecule has 1 heterocycles. The first kappa shape index (κ1) is 12.3.